The van der Waals surface area contributed by atoms with Crippen LogP contribution >= 0.6 is 24.0 Å². The fourth-order valence-corrected chi connectivity index (χ4v) is 3.74. The Bertz CT molecular complexity index is 961. The van der Waals surface area contributed by atoms with Gasteiger partial charge >= 0.3 is 0 Å². The summed E-state index contributed by atoms with van der Waals surface area (Å²) in [5.41, 5.74) is 4.76. The summed E-state index contributed by atoms with van der Waals surface area (Å²) in [6, 6.07) is 13.0. The number of amides is 2. The summed E-state index contributed by atoms with van der Waals surface area (Å²) in [6.45, 7) is 6.28. The first kappa shape index (κ1) is 20.2. The van der Waals surface area contributed by atoms with Gasteiger partial charge in [-0.2, -0.15) is 5.01 Å². The Hall–Kier alpha value is -2.51. The SMILES string of the molecule is CC(C)(C)c1ccc(C(=O)NN2C(=O)C(=Cc3ccc(F)cc3)SC2=S)cc1. The van der Waals surface area contributed by atoms with Crippen molar-refractivity contribution in [2.75, 3.05) is 0 Å². The van der Waals surface area contributed by atoms with Crippen molar-refractivity contribution in [3.8, 4) is 0 Å². The van der Waals surface area contributed by atoms with Crippen molar-refractivity contribution in [2.24, 2.45) is 0 Å². The number of thioether (sulfide) groups is 1. The van der Waals surface area contributed by atoms with E-state index in [1.54, 1.807) is 30.3 Å². The minimum Gasteiger partial charge on any atom is -0.267 e. The summed E-state index contributed by atoms with van der Waals surface area (Å²) in [5.74, 6) is -1.19. The van der Waals surface area contributed by atoms with Crippen molar-refractivity contribution in [3.63, 3.8) is 0 Å². The van der Waals surface area contributed by atoms with E-state index in [9.17, 15) is 14.0 Å². The molecule has 0 aromatic heterocycles. The molecular weight excluding hydrogens is 395 g/mol. The molecule has 1 saturated heterocycles. The van der Waals surface area contributed by atoms with Crippen molar-refractivity contribution in [2.45, 2.75) is 26.2 Å². The molecule has 0 unspecified atom stereocenters. The number of thiocarbonyl (C=S) groups is 1. The highest BCUT2D eigenvalue weighted by atomic mass is 32.2. The fraction of sp³-hybridized carbons (Fsp3) is 0.190. The second kappa shape index (κ2) is 7.85. The smallest absolute Gasteiger partial charge is 0.267 e. The molecule has 4 nitrogen and oxygen atoms in total. The van der Waals surface area contributed by atoms with Crippen molar-refractivity contribution in [1.29, 1.82) is 0 Å². The van der Waals surface area contributed by atoms with Crippen LogP contribution in [0.5, 0.6) is 0 Å². The molecule has 2 aromatic carbocycles. The maximum absolute atomic E-state index is 13.0. The number of carbonyl (C=O) groups excluding carboxylic acids is 2. The zero-order chi connectivity index (χ0) is 20.5. The average Bonchev–Trinajstić information content (AvgIpc) is 2.90. The van der Waals surface area contributed by atoms with E-state index in [0.29, 0.717) is 16.0 Å². The Balaban J connectivity index is 1.73. The Morgan fingerprint density at radius 2 is 1.71 bits per heavy atom. The van der Waals surface area contributed by atoms with E-state index in [4.69, 9.17) is 12.2 Å². The third-order valence-corrected chi connectivity index (χ3v) is 5.49. The number of hydrogen-bond donors (Lipinski definition) is 1. The van der Waals surface area contributed by atoms with Crippen LogP contribution in [-0.2, 0) is 10.2 Å². The highest BCUT2D eigenvalue weighted by Crippen LogP contribution is 2.31. The molecule has 0 bridgehead atoms. The lowest BCUT2D eigenvalue weighted by Crippen LogP contribution is -2.44. The van der Waals surface area contributed by atoms with Gasteiger partial charge in [-0.15, -0.1) is 0 Å². The lowest BCUT2D eigenvalue weighted by atomic mass is 9.87. The molecule has 144 valence electrons. The molecule has 1 N–H and O–H groups in total. The topological polar surface area (TPSA) is 49.4 Å². The highest BCUT2D eigenvalue weighted by Gasteiger charge is 2.33. The van der Waals surface area contributed by atoms with Crippen LogP contribution < -0.4 is 5.43 Å². The minimum absolute atomic E-state index is 0.0157. The first-order valence-electron chi connectivity index (χ1n) is 8.60. The van der Waals surface area contributed by atoms with E-state index in [1.807, 2.05) is 12.1 Å². The molecule has 1 fully saturated rings. The second-order valence-corrected chi connectivity index (χ2v) is 9.01. The zero-order valence-corrected chi connectivity index (χ0v) is 17.3. The molecule has 1 aliphatic heterocycles. The van der Waals surface area contributed by atoms with Crippen LogP contribution in [0.1, 0.15) is 42.3 Å². The van der Waals surface area contributed by atoms with Gasteiger partial charge in [-0.25, -0.2) is 4.39 Å². The largest absolute Gasteiger partial charge is 0.285 e. The lowest BCUT2D eigenvalue weighted by molar-refractivity contribution is -0.123. The van der Waals surface area contributed by atoms with Crippen LogP contribution in [0, 0.1) is 5.82 Å². The number of carbonyl (C=O) groups is 2. The van der Waals surface area contributed by atoms with Crippen LogP contribution in [0.4, 0.5) is 4.39 Å². The fourth-order valence-electron chi connectivity index (χ4n) is 2.56. The van der Waals surface area contributed by atoms with Crippen LogP contribution in [0.25, 0.3) is 6.08 Å². The van der Waals surface area contributed by atoms with Gasteiger partial charge < -0.3 is 0 Å². The van der Waals surface area contributed by atoms with Crippen LogP contribution in [-0.4, -0.2) is 21.1 Å². The first-order valence-corrected chi connectivity index (χ1v) is 9.83. The summed E-state index contributed by atoms with van der Waals surface area (Å²) in [6.07, 6.45) is 1.61. The molecular formula is C21H19FN2O2S2. The Kier molecular flexibility index (Phi) is 5.67. The summed E-state index contributed by atoms with van der Waals surface area (Å²) in [4.78, 5) is 25.5. The molecule has 0 spiro atoms. The van der Waals surface area contributed by atoms with E-state index in [1.165, 1.54) is 12.1 Å². The number of benzene rings is 2. The molecule has 0 aliphatic carbocycles. The van der Waals surface area contributed by atoms with Gasteiger partial charge in [0.05, 0.1) is 4.91 Å². The van der Waals surface area contributed by atoms with Gasteiger partial charge in [0.2, 0.25) is 0 Å². The number of hydrazine groups is 1. The van der Waals surface area contributed by atoms with Crippen LogP contribution in [0.3, 0.4) is 0 Å². The monoisotopic (exact) mass is 414 g/mol. The zero-order valence-electron chi connectivity index (χ0n) is 15.7. The van der Waals surface area contributed by atoms with Gasteiger partial charge in [0.1, 0.15) is 5.82 Å². The number of rotatable bonds is 3. The average molecular weight is 415 g/mol. The van der Waals surface area contributed by atoms with Gasteiger partial charge in [0.25, 0.3) is 11.8 Å². The molecule has 2 amide bonds. The van der Waals surface area contributed by atoms with Crippen molar-refractivity contribution < 1.29 is 14.0 Å². The normalized spacial score (nSPS) is 16.0. The summed E-state index contributed by atoms with van der Waals surface area (Å²) in [7, 11) is 0. The van der Waals surface area contributed by atoms with E-state index >= 15 is 0 Å². The van der Waals surface area contributed by atoms with Gasteiger partial charge in [0, 0.05) is 5.56 Å². The quantitative estimate of drug-likeness (QED) is 0.586. The third-order valence-electron chi connectivity index (χ3n) is 4.19. The summed E-state index contributed by atoms with van der Waals surface area (Å²) < 4.78 is 13.3. The minimum atomic E-state index is -0.418. The number of halogens is 1. The van der Waals surface area contributed by atoms with Gasteiger partial charge in [-0.3, -0.25) is 15.0 Å². The van der Waals surface area contributed by atoms with Gasteiger partial charge in [-0.05, 0) is 59.1 Å². The number of hydrogen-bond acceptors (Lipinski definition) is 4. The standard InChI is InChI=1S/C21H19FN2O2S2/c1-21(2,3)15-8-6-14(7-9-15)18(25)23-24-19(26)17(28-20(24)27)12-13-4-10-16(22)11-5-13/h4-12H,1-3H3,(H,23,25). The van der Waals surface area contributed by atoms with Crippen molar-refractivity contribution in [1.82, 2.24) is 10.4 Å². The highest BCUT2D eigenvalue weighted by molar-refractivity contribution is 8.26. The Morgan fingerprint density at radius 1 is 1.11 bits per heavy atom. The summed E-state index contributed by atoms with van der Waals surface area (Å²) in [5, 5.41) is 1.06. The Labute approximate surface area is 172 Å². The van der Waals surface area contributed by atoms with Crippen molar-refractivity contribution in [3.05, 3.63) is 75.9 Å². The first-order chi connectivity index (χ1) is 13.1. The van der Waals surface area contributed by atoms with E-state index in [0.717, 1.165) is 22.3 Å². The number of nitrogens with zero attached hydrogens (tertiary/aromatic N) is 1. The Morgan fingerprint density at radius 3 is 2.29 bits per heavy atom. The molecule has 1 aliphatic rings. The number of nitrogens with one attached hydrogen (secondary N) is 1. The molecule has 3 rings (SSSR count). The predicted octanol–water partition coefficient (Wildman–Crippen LogP) is 4.67. The van der Waals surface area contributed by atoms with Crippen LogP contribution in [0.15, 0.2) is 53.4 Å². The summed E-state index contributed by atoms with van der Waals surface area (Å²) >= 11 is 6.31. The third kappa shape index (κ3) is 4.48. The predicted molar refractivity (Wildman–Crippen MR) is 114 cm³/mol. The molecule has 7 heteroatoms. The lowest BCUT2D eigenvalue weighted by Gasteiger charge is -2.19. The van der Waals surface area contributed by atoms with E-state index in [2.05, 4.69) is 26.2 Å². The molecule has 0 atom stereocenters. The maximum Gasteiger partial charge on any atom is 0.285 e. The molecule has 2 aromatic rings. The maximum atomic E-state index is 13.0. The van der Waals surface area contributed by atoms with Crippen LogP contribution in [0.2, 0.25) is 0 Å². The molecule has 0 saturated carbocycles. The molecule has 28 heavy (non-hydrogen) atoms. The van der Waals surface area contributed by atoms with E-state index < -0.39 is 11.8 Å². The molecule has 1 heterocycles. The van der Waals surface area contributed by atoms with Gasteiger partial charge in [0.15, 0.2) is 4.32 Å². The van der Waals surface area contributed by atoms with Crippen molar-refractivity contribution >= 4 is 46.2 Å². The van der Waals surface area contributed by atoms with Gasteiger partial charge in [-0.1, -0.05) is 56.8 Å². The second-order valence-electron chi connectivity index (χ2n) is 7.34. The molecule has 0 radical (unpaired) electrons. The van der Waals surface area contributed by atoms with E-state index in [-0.39, 0.29) is 15.6 Å².